The molecular formula is C19H25N5O. The summed E-state index contributed by atoms with van der Waals surface area (Å²) in [4.78, 5) is 25.0. The van der Waals surface area contributed by atoms with E-state index < -0.39 is 0 Å². The second kappa shape index (κ2) is 7.19. The Morgan fingerprint density at radius 1 is 1.24 bits per heavy atom. The molecule has 0 spiro atoms. The number of rotatable bonds is 5. The fourth-order valence-electron chi connectivity index (χ4n) is 3.23. The van der Waals surface area contributed by atoms with Crippen molar-refractivity contribution in [3.8, 4) is 0 Å². The zero-order valence-electron chi connectivity index (χ0n) is 15.3. The van der Waals surface area contributed by atoms with Crippen molar-refractivity contribution in [3.05, 3.63) is 47.4 Å². The fourth-order valence-corrected chi connectivity index (χ4v) is 3.23. The van der Waals surface area contributed by atoms with E-state index in [1.165, 1.54) is 0 Å². The molecule has 1 aromatic carbocycles. The lowest BCUT2D eigenvalue weighted by Gasteiger charge is -2.44. The average Bonchev–Trinajstić information content (AvgIpc) is 2.46. The molecule has 132 valence electrons. The molecule has 1 amide bonds. The van der Waals surface area contributed by atoms with Crippen molar-refractivity contribution in [2.75, 3.05) is 36.9 Å². The summed E-state index contributed by atoms with van der Waals surface area (Å²) >= 11 is 0. The Bertz CT molecular complexity index is 750. The van der Waals surface area contributed by atoms with Crippen LogP contribution in [0.5, 0.6) is 0 Å². The van der Waals surface area contributed by atoms with Gasteiger partial charge in [0.15, 0.2) is 0 Å². The molecule has 1 aromatic heterocycles. The molecule has 1 aliphatic rings. The second-order valence-corrected chi connectivity index (χ2v) is 6.93. The minimum Gasteiger partial charge on any atom is -0.353 e. The predicted molar refractivity (Wildman–Crippen MR) is 99.9 cm³/mol. The molecule has 1 aliphatic heterocycles. The van der Waals surface area contributed by atoms with E-state index in [0.717, 1.165) is 41.3 Å². The van der Waals surface area contributed by atoms with Crippen molar-refractivity contribution in [1.29, 1.82) is 0 Å². The molecule has 0 saturated carbocycles. The van der Waals surface area contributed by atoms with Crippen LogP contribution in [0.4, 0.5) is 11.5 Å². The number of amides is 1. The Kier molecular flexibility index (Phi) is 4.99. The minimum atomic E-state index is 0.0177. The largest absolute Gasteiger partial charge is 0.353 e. The van der Waals surface area contributed by atoms with Gasteiger partial charge in [-0.2, -0.15) is 0 Å². The Balaban J connectivity index is 1.51. The van der Waals surface area contributed by atoms with Gasteiger partial charge in [-0.05, 0) is 51.1 Å². The molecule has 2 heterocycles. The maximum Gasteiger partial charge on any atom is 0.238 e. The van der Waals surface area contributed by atoms with Gasteiger partial charge in [-0.1, -0.05) is 6.07 Å². The van der Waals surface area contributed by atoms with E-state index in [2.05, 4.69) is 31.2 Å². The van der Waals surface area contributed by atoms with Crippen LogP contribution in [-0.4, -0.2) is 53.5 Å². The fraction of sp³-hybridized carbons (Fsp3) is 0.421. The molecular weight excluding hydrogens is 314 g/mol. The number of nitrogens with one attached hydrogen (secondary N) is 1. The summed E-state index contributed by atoms with van der Waals surface area (Å²) in [5, 5.41) is 2.99. The average molecular weight is 339 g/mol. The molecule has 0 bridgehead atoms. The SMILES string of the molecule is Cc1cc(C)cc(NC(=O)CN(C)C2CN(c3ncncc3C)C2)c1. The maximum absolute atomic E-state index is 12.3. The lowest BCUT2D eigenvalue weighted by molar-refractivity contribution is -0.117. The molecule has 3 rings (SSSR count). The number of hydrogen-bond donors (Lipinski definition) is 1. The molecule has 6 nitrogen and oxygen atoms in total. The van der Waals surface area contributed by atoms with Crippen LogP contribution >= 0.6 is 0 Å². The van der Waals surface area contributed by atoms with E-state index in [9.17, 15) is 4.79 Å². The Hall–Kier alpha value is -2.47. The van der Waals surface area contributed by atoms with Crippen molar-refractivity contribution < 1.29 is 4.79 Å². The highest BCUT2D eigenvalue weighted by molar-refractivity contribution is 5.92. The van der Waals surface area contributed by atoms with Crippen LogP contribution in [-0.2, 0) is 4.79 Å². The Morgan fingerprint density at radius 2 is 1.92 bits per heavy atom. The zero-order chi connectivity index (χ0) is 18.0. The van der Waals surface area contributed by atoms with Gasteiger partial charge in [-0.15, -0.1) is 0 Å². The molecule has 1 saturated heterocycles. The third-order valence-electron chi connectivity index (χ3n) is 4.55. The third kappa shape index (κ3) is 4.14. The van der Waals surface area contributed by atoms with E-state index in [0.29, 0.717) is 12.6 Å². The smallest absolute Gasteiger partial charge is 0.238 e. The van der Waals surface area contributed by atoms with Crippen molar-refractivity contribution in [2.45, 2.75) is 26.8 Å². The summed E-state index contributed by atoms with van der Waals surface area (Å²) < 4.78 is 0. The Morgan fingerprint density at radius 3 is 2.56 bits per heavy atom. The van der Waals surface area contributed by atoms with Crippen LogP contribution in [0.2, 0.25) is 0 Å². The van der Waals surface area contributed by atoms with Crippen LogP contribution in [0.25, 0.3) is 0 Å². The maximum atomic E-state index is 12.3. The van der Waals surface area contributed by atoms with E-state index in [1.807, 2.05) is 46.1 Å². The summed E-state index contributed by atoms with van der Waals surface area (Å²) in [6, 6.07) is 6.45. The van der Waals surface area contributed by atoms with Crippen molar-refractivity contribution in [1.82, 2.24) is 14.9 Å². The van der Waals surface area contributed by atoms with Crippen molar-refractivity contribution in [3.63, 3.8) is 0 Å². The summed E-state index contributed by atoms with van der Waals surface area (Å²) in [6.45, 7) is 8.23. The van der Waals surface area contributed by atoms with Crippen molar-refractivity contribution in [2.24, 2.45) is 0 Å². The predicted octanol–water partition coefficient (Wildman–Crippen LogP) is 2.16. The monoisotopic (exact) mass is 339 g/mol. The molecule has 2 aromatic rings. The number of aryl methyl sites for hydroxylation is 3. The molecule has 0 unspecified atom stereocenters. The van der Waals surface area contributed by atoms with Gasteiger partial charge >= 0.3 is 0 Å². The number of hydrogen-bond acceptors (Lipinski definition) is 5. The molecule has 1 fully saturated rings. The highest BCUT2D eigenvalue weighted by Gasteiger charge is 2.32. The highest BCUT2D eigenvalue weighted by atomic mass is 16.2. The first kappa shape index (κ1) is 17.4. The lowest BCUT2D eigenvalue weighted by Crippen LogP contribution is -2.60. The quantitative estimate of drug-likeness (QED) is 0.904. The number of anilines is 2. The number of carbonyl (C=O) groups is 1. The first-order chi connectivity index (χ1) is 11.9. The number of benzene rings is 1. The second-order valence-electron chi connectivity index (χ2n) is 6.93. The van der Waals surface area contributed by atoms with E-state index in [-0.39, 0.29) is 5.91 Å². The van der Waals surface area contributed by atoms with Crippen molar-refractivity contribution >= 4 is 17.4 Å². The van der Waals surface area contributed by atoms with Gasteiger partial charge in [0.1, 0.15) is 12.1 Å². The summed E-state index contributed by atoms with van der Waals surface area (Å²) in [7, 11) is 2.00. The van der Waals surface area contributed by atoms with Crippen LogP contribution in [0.3, 0.4) is 0 Å². The van der Waals surface area contributed by atoms with E-state index in [4.69, 9.17) is 0 Å². The lowest BCUT2D eigenvalue weighted by atomic mass is 10.1. The molecule has 1 N–H and O–H groups in total. The summed E-state index contributed by atoms with van der Waals surface area (Å²) in [6.07, 6.45) is 3.41. The topological polar surface area (TPSA) is 61.4 Å². The molecule has 0 aliphatic carbocycles. The normalized spacial score (nSPS) is 14.5. The van der Waals surface area contributed by atoms with Crippen LogP contribution in [0.1, 0.15) is 16.7 Å². The van der Waals surface area contributed by atoms with E-state index >= 15 is 0 Å². The summed E-state index contributed by atoms with van der Waals surface area (Å²) in [5.74, 6) is 1.00. The van der Waals surface area contributed by atoms with Gasteiger partial charge in [-0.3, -0.25) is 9.69 Å². The van der Waals surface area contributed by atoms with Gasteiger partial charge in [0.2, 0.25) is 5.91 Å². The van der Waals surface area contributed by atoms with Gasteiger partial charge in [-0.25, -0.2) is 9.97 Å². The van der Waals surface area contributed by atoms with Gasteiger partial charge in [0.05, 0.1) is 6.54 Å². The molecule has 6 heteroatoms. The highest BCUT2D eigenvalue weighted by Crippen LogP contribution is 2.23. The zero-order valence-corrected chi connectivity index (χ0v) is 15.3. The minimum absolute atomic E-state index is 0.0177. The number of carbonyl (C=O) groups excluding carboxylic acids is 1. The standard InChI is InChI=1S/C19H25N5O/c1-13-5-14(2)7-16(6-13)22-18(25)11-23(4)17-9-24(10-17)19-15(3)8-20-12-21-19/h5-8,12,17H,9-11H2,1-4H3,(H,22,25). The number of likely N-dealkylation sites (N-methyl/N-ethyl adjacent to an activating group) is 1. The van der Waals surface area contributed by atoms with Gasteiger partial charge < -0.3 is 10.2 Å². The van der Waals surface area contributed by atoms with E-state index in [1.54, 1.807) is 6.33 Å². The molecule has 25 heavy (non-hydrogen) atoms. The molecule has 0 atom stereocenters. The third-order valence-corrected chi connectivity index (χ3v) is 4.55. The van der Waals surface area contributed by atoms with Crippen LogP contribution < -0.4 is 10.2 Å². The first-order valence-electron chi connectivity index (χ1n) is 8.52. The van der Waals surface area contributed by atoms with Gasteiger partial charge in [0.25, 0.3) is 0 Å². The van der Waals surface area contributed by atoms with Crippen LogP contribution in [0, 0.1) is 20.8 Å². The summed E-state index contributed by atoms with van der Waals surface area (Å²) in [5.41, 5.74) is 4.25. The number of aromatic nitrogens is 2. The Labute approximate surface area is 148 Å². The number of nitrogens with zero attached hydrogens (tertiary/aromatic N) is 4. The van der Waals surface area contributed by atoms with Crippen LogP contribution in [0.15, 0.2) is 30.7 Å². The van der Waals surface area contributed by atoms with Gasteiger partial charge in [0, 0.05) is 36.6 Å². The molecule has 0 radical (unpaired) electrons. The first-order valence-corrected chi connectivity index (χ1v) is 8.52.